The van der Waals surface area contributed by atoms with Gasteiger partial charge >= 0.3 is 0 Å². The van der Waals surface area contributed by atoms with Crippen LogP contribution in [0.15, 0.2) is 41.3 Å². The van der Waals surface area contributed by atoms with Gasteiger partial charge in [-0.3, -0.25) is 4.99 Å². The summed E-state index contributed by atoms with van der Waals surface area (Å²) in [5.74, 6) is 0.821. The molecule has 0 atom stereocenters. The molecule has 2 nitrogen and oxygen atoms in total. The van der Waals surface area contributed by atoms with Crippen LogP contribution >= 0.6 is 0 Å². The average Bonchev–Trinajstić information content (AvgIpc) is 2.52. The van der Waals surface area contributed by atoms with Crippen LogP contribution in [0.4, 0.5) is 0 Å². The molecule has 0 amide bonds. The summed E-state index contributed by atoms with van der Waals surface area (Å²) < 4.78 is 5.20. The normalized spacial score (nSPS) is 22.8. The molecule has 0 N–H and O–H groups in total. The van der Waals surface area contributed by atoms with E-state index in [0.29, 0.717) is 0 Å². The molecule has 0 saturated heterocycles. The Labute approximate surface area is 73.0 Å². The van der Waals surface area contributed by atoms with Gasteiger partial charge in [-0.25, -0.2) is 0 Å². The highest BCUT2D eigenvalue weighted by atomic mass is 16.5. The first-order chi connectivity index (χ1) is 5.88. The van der Waals surface area contributed by atoms with Gasteiger partial charge in [-0.15, -0.1) is 0 Å². The number of hydrogen-bond donors (Lipinski definition) is 0. The third kappa shape index (κ3) is 2.09. The molecule has 2 heteroatoms. The van der Waals surface area contributed by atoms with Crippen molar-refractivity contribution in [3.63, 3.8) is 0 Å². The molecule has 64 valence electrons. The van der Waals surface area contributed by atoms with Gasteiger partial charge in [0.05, 0.1) is 6.26 Å². The summed E-state index contributed by atoms with van der Waals surface area (Å²) in [6, 6.07) is 0. The third-order valence-corrected chi connectivity index (χ3v) is 1.53. The molecule has 12 heavy (non-hydrogen) atoms. The van der Waals surface area contributed by atoms with Crippen molar-refractivity contribution in [3.05, 3.63) is 36.3 Å². The second kappa shape index (κ2) is 4.54. The van der Waals surface area contributed by atoms with E-state index in [1.165, 1.54) is 0 Å². The highest BCUT2D eigenvalue weighted by molar-refractivity contribution is 6.08. The van der Waals surface area contributed by atoms with Gasteiger partial charge in [-0.2, -0.15) is 0 Å². The lowest BCUT2D eigenvalue weighted by atomic mass is 10.3. The topological polar surface area (TPSA) is 21.6 Å². The SMILES string of the molecule is CC/C=C\C=C1\OC=CC1=NC. The zero-order valence-corrected chi connectivity index (χ0v) is 7.45. The van der Waals surface area contributed by atoms with Gasteiger partial charge < -0.3 is 4.74 Å². The van der Waals surface area contributed by atoms with E-state index in [9.17, 15) is 0 Å². The van der Waals surface area contributed by atoms with Crippen LogP contribution in [-0.4, -0.2) is 12.8 Å². The zero-order valence-electron chi connectivity index (χ0n) is 7.45. The number of nitrogens with zero attached hydrogens (tertiary/aromatic N) is 1. The maximum absolute atomic E-state index is 5.20. The molecule has 0 aromatic carbocycles. The maximum atomic E-state index is 5.20. The lowest BCUT2D eigenvalue weighted by Gasteiger charge is -1.95. The quantitative estimate of drug-likeness (QED) is 0.612. The summed E-state index contributed by atoms with van der Waals surface area (Å²) >= 11 is 0. The van der Waals surface area contributed by atoms with Gasteiger partial charge in [-0.05, 0) is 12.5 Å². The predicted octanol–water partition coefficient (Wildman–Crippen LogP) is 2.45. The maximum Gasteiger partial charge on any atom is 0.151 e. The first-order valence-corrected chi connectivity index (χ1v) is 4.05. The van der Waals surface area contributed by atoms with E-state index in [4.69, 9.17) is 4.74 Å². The number of rotatable bonds is 2. The fourth-order valence-corrected chi connectivity index (χ4v) is 0.915. The lowest BCUT2D eigenvalue weighted by Crippen LogP contribution is -1.92. The molecule has 1 heterocycles. The van der Waals surface area contributed by atoms with E-state index in [-0.39, 0.29) is 0 Å². The number of aliphatic imine (C=N–C) groups is 1. The van der Waals surface area contributed by atoms with Gasteiger partial charge in [0, 0.05) is 13.1 Å². The average molecular weight is 163 g/mol. The second-order valence-electron chi connectivity index (χ2n) is 2.40. The van der Waals surface area contributed by atoms with Gasteiger partial charge in [0.15, 0.2) is 5.76 Å². The molecule has 1 aliphatic heterocycles. The number of allylic oxidation sites excluding steroid dienone is 4. The van der Waals surface area contributed by atoms with E-state index in [2.05, 4.69) is 18.0 Å². The minimum absolute atomic E-state index is 0.821. The second-order valence-corrected chi connectivity index (χ2v) is 2.40. The summed E-state index contributed by atoms with van der Waals surface area (Å²) in [7, 11) is 1.76. The number of ether oxygens (including phenoxy) is 1. The van der Waals surface area contributed by atoms with Crippen molar-refractivity contribution < 1.29 is 4.74 Å². The summed E-state index contributed by atoms with van der Waals surface area (Å²) in [5, 5.41) is 0. The van der Waals surface area contributed by atoms with Crippen LogP contribution in [0.2, 0.25) is 0 Å². The summed E-state index contributed by atoms with van der Waals surface area (Å²) in [4.78, 5) is 4.05. The van der Waals surface area contributed by atoms with Gasteiger partial charge in [-0.1, -0.05) is 19.1 Å². The fourth-order valence-electron chi connectivity index (χ4n) is 0.915. The Balaban J connectivity index is 2.65. The first kappa shape index (κ1) is 8.78. The van der Waals surface area contributed by atoms with E-state index in [1.807, 2.05) is 18.2 Å². The molecule has 0 aromatic rings. The standard InChI is InChI=1S/C10H13NO/c1-3-4-5-6-10-9(11-2)7-8-12-10/h4-8H,3H2,1-2H3/b5-4-,10-6+,11-9?. The Morgan fingerprint density at radius 3 is 3.08 bits per heavy atom. The van der Waals surface area contributed by atoms with Crippen molar-refractivity contribution in [3.8, 4) is 0 Å². The molecule has 0 saturated carbocycles. The molecular weight excluding hydrogens is 150 g/mol. The fraction of sp³-hybridized carbons (Fsp3) is 0.300. The van der Waals surface area contributed by atoms with Gasteiger partial charge in [0.1, 0.15) is 5.71 Å². The molecule has 0 unspecified atom stereocenters. The third-order valence-electron chi connectivity index (χ3n) is 1.53. The molecule has 0 spiro atoms. The zero-order chi connectivity index (χ0) is 8.81. The van der Waals surface area contributed by atoms with E-state index >= 15 is 0 Å². The van der Waals surface area contributed by atoms with Crippen LogP contribution < -0.4 is 0 Å². The van der Waals surface area contributed by atoms with Crippen molar-refractivity contribution in [2.75, 3.05) is 7.05 Å². The molecule has 0 aliphatic carbocycles. The molecule has 1 aliphatic rings. The van der Waals surface area contributed by atoms with Crippen LogP contribution in [0.5, 0.6) is 0 Å². The van der Waals surface area contributed by atoms with Crippen LogP contribution in [0.25, 0.3) is 0 Å². The molecule has 1 rings (SSSR count). The van der Waals surface area contributed by atoms with E-state index in [0.717, 1.165) is 17.9 Å². The first-order valence-electron chi connectivity index (χ1n) is 4.05. The van der Waals surface area contributed by atoms with Crippen molar-refractivity contribution >= 4 is 5.71 Å². The minimum atomic E-state index is 0.821. The van der Waals surface area contributed by atoms with Crippen LogP contribution in [0.1, 0.15) is 13.3 Å². The van der Waals surface area contributed by atoms with Crippen LogP contribution in [0, 0.1) is 0 Å². The number of hydrogen-bond acceptors (Lipinski definition) is 2. The monoisotopic (exact) mass is 163 g/mol. The summed E-state index contributed by atoms with van der Waals surface area (Å²) in [6.45, 7) is 2.09. The van der Waals surface area contributed by atoms with E-state index in [1.54, 1.807) is 13.3 Å². The highest BCUT2D eigenvalue weighted by Crippen LogP contribution is 2.10. The van der Waals surface area contributed by atoms with Crippen molar-refractivity contribution in [2.24, 2.45) is 4.99 Å². The summed E-state index contributed by atoms with van der Waals surface area (Å²) in [5.41, 5.74) is 0.899. The Bertz CT molecular complexity index is 259. The van der Waals surface area contributed by atoms with Gasteiger partial charge in [0.25, 0.3) is 0 Å². The Morgan fingerprint density at radius 1 is 1.58 bits per heavy atom. The molecule has 0 bridgehead atoms. The Morgan fingerprint density at radius 2 is 2.42 bits per heavy atom. The Kier molecular flexibility index (Phi) is 3.33. The van der Waals surface area contributed by atoms with Crippen molar-refractivity contribution in [2.45, 2.75) is 13.3 Å². The predicted molar refractivity (Wildman–Crippen MR) is 51.1 cm³/mol. The van der Waals surface area contributed by atoms with Crippen LogP contribution in [-0.2, 0) is 4.74 Å². The molecular formula is C10H13NO. The van der Waals surface area contributed by atoms with Crippen LogP contribution in [0.3, 0.4) is 0 Å². The minimum Gasteiger partial charge on any atom is -0.463 e. The van der Waals surface area contributed by atoms with Crippen molar-refractivity contribution in [1.82, 2.24) is 0 Å². The smallest absolute Gasteiger partial charge is 0.151 e. The summed E-state index contributed by atoms with van der Waals surface area (Å²) in [6.07, 6.45) is 10.5. The van der Waals surface area contributed by atoms with Gasteiger partial charge in [0.2, 0.25) is 0 Å². The molecule has 0 fully saturated rings. The van der Waals surface area contributed by atoms with Crippen molar-refractivity contribution in [1.29, 1.82) is 0 Å². The largest absolute Gasteiger partial charge is 0.463 e. The van der Waals surface area contributed by atoms with E-state index < -0.39 is 0 Å². The lowest BCUT2D eigenvalue weighted by molar-refractivity contribution is 0.389. The highest BCUT2D eigenvalue weighted by Gasteiger charge is 2.07. The Hall–Kier alpha value is -1.31. The molecule has 0 aromatic heterocycles. The molecule has 0 radical (unpaired) electrons.